The van der Waals surface area contributed by atoms with Gasteiger partial charge in [0.1, 0.15) is 0 Å². The van der Waals surface area contributed by atoms with Crippen LogP contribution in [0.5, 0.6) is 0 Å². The van der Waals surface area contributed by atoms with Crippen molar-refractivity contribution >= 4 is 16.9 Å². The van der Waals surface area contributed by atoms with Gasteiger partial charge in [0.15, 0.2) is 13.1 Å². The Balaban J connectivity index is 4.78. The zero-order valence-electron chi connectivity index (χ0n) is 7.61. The third kappa shape index (κ3) is 7.34. The average molecular weight is 255 g/mol. The first kappa shape index (κ1) is 14.4. The van der Waals surface area contributed by atoms with E-state index in [1.54, 1.807) is 0 Å². The summed E-state index contributed by atoms with van der Waals surface area (Å²) in [7, 11) is 0. The molecule has 0 unspecified atom stereocenters. The third-order valence-corrected chi connectivity index (χ3v) is 1.94. The molecule has 0 aromatic carbocycles. The molecule has 90 valence electrons. The van der Waals surface area contributed by atoms with Crippen LogP contribution in [0.25, 0.3) is 0 Å². The molecule has 0 aliphatic carbocycles. The molecular weight excluding hydrogens is 246 g/mol. The monoisotopic (exact) mass is 255 g/mol. The molecule has 0 fully saturated rings. The molecule has 0 saturated heterocycles. The first-order valence-corrected chi connectivity index (χ1v) is 4.82. The zero-order chi connectivity index (χ0) is 12.3. The van der Waals surface area contributed by atoms with E-state index in [1.807, 2.05) is 0 Å². The van der Waals surface area contributed by atoms with E-state index < -0.39 is 30.6 Å². The summed E-state index contributed by atoms with van der Waals surface area (Å²) in [6, 6.07) is 0. The summed E-state index contributed by atoms with van der Waals surface area (Å²) in [6.45, 7) is -3.42. The summed E-state index contributed by atoms with van der Waals surface area (Å²) >= 11 is 0.635. The summed E-state index contributed by atoms with van der Waals surface area (Å²) in [5.41, 5.74) is 5.04. The maximum atomic E-state index is 11.9. The first-order chi connectivity index (χ1) is 6.55. The standard InChI is InChI=1S/C6H8F6N2S/c1-15-4(13)14(2-5(7,8)9)3-6(10,11)12/h13H,2-3H2,1H3/p+1. The van der Waals surface area contributed by atoms with Crippen molar-refractivity contribution in [2.24, 2.45) is 5.73 Å². The molecule has 0 atom stereocenters. The van der Waals surface area contributed by atoms with Gasteiger partial charge in [0.25, 0.3) is 0 Å². The average Bonchev–Trinajstić information content (AvgIpc) is 1.96. The van der Waals surface area contributed by atoms with E-state index in [0.29, 0.717) is 11.8 Å². The lowest BCUT2D eigenvalue weighted by Crippen LogP contribution is -2.39. The van der Waals surface area contributed by atoms with E-state index in [9.17, 15) is 26.3 Å². The number of halogens is 6. The van der Waals surface area contributed by atoms with Gasteiger partial charge >= 0.3 is 17.5 Å². The molecule has 15 heavy (non-hydrogen) atoms. The predicted molar refractivity (Wildman–Crippen MR) is 44.8 cm³/mol. The number of hydrogen-bond donors (Lipinski definition) is 1. The molecule has 9 heteroatoms. The molecule has 0 saturated carbocycles. The van der Waals surface area contributed by atoms with Crippen LogP contribution in [0.15, 0.2) is 0 Å². The summed E-state index contributed by atoms with van der Waals surface area (Å²) in [4.78, 5) is 0. The first-order valence-electron chi connectivity index (χ1n) is 3.60. The van der Waals surface area contributed by atoms with Crippen LogP contribution < -0.4 is 5.73 Å². The van der Waals surface area contributed by atoms with Crippen molar-refractivity contribution in [3.05, 3.63) is 0 Å². The van der Waals surface area contributed by atoms with Gasteiger partial charge < -0.3 is 0 Å². The normalized spacial score (nSPS) is 12.7. The van der Waals surface area contributed by atoms with Gasteiger partial charge in [-0.2, -0.15) is 26.3 Å². The van der Waals surface area contributed by atoms with Gasteiger partial charge in [-0.1, -0.05) is 0 Å². The molecule has 0 aromatic heterocycles. The largest absolute Gasteiger partial charge is 0.425 e. The second-order valence-corrected chi connectivity index (χ2v) is 3.46. The number of nitrogens with zero attached hydrogens (tertiary/aromatic N) is 1. The molecule has 0 aliphatic rings. The fourth-order valence-electron chi connectivity index (χ4n) is 0.774. The number of amidine groups is 1. The Morgan fingerprint density at radius 3 is 1.60 bits per heavy atom. The molecular formula is C6H9F6N2S+. The highest BCUT2D eigenvalue weighted by Crippen LogP contribution is 2.19. The van der Waals surface area contributed by atoms with E-state index >= 15 is 0 Å². The summed E-state index contributed by atoms with van der Waals surface area (Å²) in [5.74, 6) is 0. The second kappa shape index (κ2) is 4.95. The number of thioether (sulfide) groups is 1. The minimum atomic E-state index is -4.72. The van der Waals surface area contributed by atoms with Crippen molar-refractivity contribution in [1.82, 2.24) is 0 Å². The Morgan fingerprint density at radius 2 is 1.40 bits per heavy atom. The molecule has 0 heterocycles. The lowest BCUT2D eigenvalue weighted by Gasteiger charge is -2.13. The number of hydrogen-bond acceptors (Lipinski definition) is 1. The van der Waals surface area contributed by atoms with Crippen molar-refractivity contribution in [3.8, 4) is 0 Å². The lowest BCUT2D eigenvalue weighted by atomic mass is 10.5. The van der Waals surface area contributed by atoms with Crippen LogP contribution in [-0.2, 0) is 0 Å². The summed E-state index contributed by atoms with van der Waals surface area (Å²) in [5, 5.41) is -0.510. The highest BCUT2D eigenvalue weighted by atomic mass is 32.2. The highest BCUT2D eigenvalue weighted by Gasteiger charge is 2.39. The Kier molecular flexibility index (Phi) is 4.75. The Labute approximate surface area is 86.1 Å². The summed E-state index contributed by atoms with van der Waals surface area (Å²) < 4.78 is 71.4. The van der Waals surface area contributed by atoms with E-state index in [4.69, 9.17) is 5.73 Å². The van der Waals surface area contributed by atoms with E-state index in [1.165, 1.54) is 6.26 Å². The van der Waals surface area contributed by atoms with Crippen molar-refractivity contribution < 1.29 is 30.9 Å². The van der Waals surface area contributed by atoms with Gasteiger partial charge in [-0.15, -0.1) is 0 Å². The highest BCUT2D eigenvalue weighted by molar-refractivity contribution is 8.12. The minimum absolute atomic E-state index is 0.0463. The molecule has 0 bridgehead atoms. The van der Waals surface area contributed by atoms with Crippen molar-refractivity contribution in [2.75, 3.05) is 19.3 Å². The smallest absolute Gasteiger partial charge is 0.281 e. The fraction of sp³-hybridized carbons (Fsp3) is 0.833. The SMILES string of the molecule is CSC(N)=[N+](CC(F)(F)F)CC(F)(F)F. The van der Waals surface area contributed by atoms with Gasteiger partial charge in [0.2, 0.25) is 0 Å². The van der Waals surface area contributed by atoms with E-state index in [0.717, 1.165) is 0 Å². The lowest BCUT2D eigenvalue weighted by molar-refractivity contribution is -0.582. The van der Waals surface area contributed by atoms with Gasteiger partial charge in [-0.25, -0.2) is 4.58 Å². The minimum Gasteiger partial charge on any atom is -0.281 e. The third-order valence-electron chi connectivity index (χ3n) is 1.26. The van der Waals surface area contributed by atoms with Gasteiger partial charge in [-0.05, 0) is 18.0 Å². The fourth-order valence-corrected chi connectivity index (χ4v) is 1.16. The molecule has 0 amide bonds. The van der Waals surface area contributed by atoms with Crippen LogP contribution in [0.3, 0.4) is 0 Å². The van der Waals surface area contributed by atoms with Crippen LogP contribution in [0, 0.1) is 0 Å². The quantitative estimate of drug-likeness (QED) is 0.353. The molecule has 0 aliphatic heterocycles. The molecule has 2 N–H and O–H groups in total. The number of rotatable bonds is 2. The Morgan fingerprint density at radius 1 is 1.07 bits per heavy atom. The van der Waals surface area contributed by atoms with Crippen LogP contribution in [0.1, 0.15) is 0 Å². The molecule has 0 aromatic rings. The van der Waals surface area contributed by atoms with E-state index in [2.05, 4.69) is 0 Å². The maximum Gasteiger partial charge on any atom is 0.425 e. The van der Waals surface area contributed by atoms with Crippen molar-refractivity contribution in [1.29, 1.82) is 0 Å². The molecule has 0 radical (unpaired) electrons. The van der Waals surface area contributed by atoms with Crippen LogP contribution in [-0.4, -0.2) is 41.4 Å². The van der Waals surface area contributed by atoms with Gasteiger partial charge in [0.05, 0.1) is 0 Å². The van der Waals surface area contributed by atoms with Crippen molar-refractivity contribution in [2.45, 2.75) is 12.4 Å². The van der Waals surface area contributed by atoms with Crippen molar-refractivity contribution in [3.63, 3.8) is 0 Å². The second-order valence-electron chi connectivity index (χ2n) is 2.63. The van der Waals surface area contributed by atoms with E-state index in [-0.39, 0.29) is 4.58 Å². The topological polar surface area (TPSA) is 29.0 Å². The molecule has 0 rings (SSSR count). The predicted octanol–water partition coefficient (Wildman–Crippen LogP) is 1.80. The number of alkyl halides is 6. The van der Waals surface area contributed by atoms with Crippen LogP contribution in [0.4, 0.5) is 26.3 Å². The molecule has 0 spiro atoms. The van der Waals surface area contributed by atoms with Crippen LogP contribution >= 0.6 is 11.8 Å². The molecule has 2 nitrogen and oxygen atoms in total. The zero-order valence-corrected chi connectivity index (χ0v) is 8.43. The Bertz CT molecular complexity index is 225. The maximum absolute atomic E-state index is 11.9. The van der Waals surface area contributed by atoms with Gasteiger partial charge in [-0.3, -0.25) is 5.73 Å². The summed E-state index contributed by atoms with van der Waals surface area (Å²) in [6.07, 6.45) is -8.13. The Hall–Kier alpha value is -0.600. The van der Waals surface area contributed by atoms with Crippen LogP contribution in [0.2, 0.25) is 0 Å². The number of nitrogens with two attached hydrogens (primary N) is 1. The van der Waals surface area contributed by atoms with Gasteiger partial charge in [0, 0.05) is 0 Å².